The highest BCUT2D eigenvalue weighted by Gasteiger charge is 2.34. The molecule has 2 nitrogen and oxygen atoms in total. The number of rotatable bonds is 11. The van der Waals surface area contributed by atoms with Gasteiger partial charge in [-0.2, -0.15) is 4.39 Å². The molecule has 0 saturated heterocycles. The molecule has 2 fully saturated rings. The van der Waals surface area contributed by atoms with Crippen molar-refractivity contribution in [1.82, 2.24) is 0 Å². The number of ether oxygens (including phenoxy) is 1. The Hall–Kier alpha value is -1.45. The lowest BCUT2D eigenvalue weighted by molar-refractivity contribution is -0.140. The summed E-state index contributed by atoms with van der Waals surface area (Å²) in [6.07, 6.45) is 17.9. The summed E-state index contributed by atoms with van der Waals surface area (Å²) in [6, 6.07) is 2.98. The number of esters is 1. The first kappa shape index (κ1) is 26.2. The van der Waals surface area contributed by atoms with E-state index in [2.05, 4.69) is 13.8 Å². The second-order valence-corrected chi connectivity index (χ2v) is 10.6. The number of unbranched alkanes of at least 4 members (excludes halogenated alkanes) is 4. The average molecular weight is 463 g/mol. The molecule has 0 spiro atoms. The highest BCUT2D eigenvalue weighted by Crippen LogP contribution is 2.42. The Bertz CT molecular complexity index is 731. The van der Waals surface area contributed by atoms with E-state index >= 15 is 0 Å². The minimum absolute atomic E-state index is 0.196. The van der Waals surface area contributed by atoms with Gasteiger partial charge in [0.15, 0.2) is 11.6 Å². The maximum absolute atomic E-state index is 14.5. The van der Waals surface area contributed by atoms with Crippen molar-refractivity contribution >= 4 is 5.97 Å². The number of aryl methyl sites for hydroxylation is 1. The Morgan fingerprint density at radius 1 is 0.818 bits per heavy atom. The molecule has 0 radical (unpaired) electrons. The fourth-order valence-corrected chi connectivity index (χ4v) is 6.06. The molecule has 1 aromatic carbocycles. The van der Waals surface area contributed by atoms with Crippen molar-refractivity contribution in [2.75, 3.05) is 0 Å². The van der Waals surface area contributed by atoms with Crippen molar-refractivity contribution in [3.05, 3.63) is 29.3 Å². The maximum Gasteiger partial charge on any atom is 0.314 e. The Balaban J connectivity index is 1.43. The molecule has 186 valence electrons. The van der Waals surface area contributed by atoms with E-state index in [1.54, 1.807) is 6.07 Å². The maximum atomic E-state index is 14.5. The van der Waals surface area contributed by atoms with Gasteiger partial charge in [0.05, 0.1) is 5.92 Å². The fraction of sp³-hybridized carbons (Fsp3) is 0.759. The first-order valence-electron chi connectivity index (χ1n) is 13.7. The summed E-state index contributed by atoms with van der Waals surface area (Å²) in [6.45, 7) is 4.34. The largest absolute Gasteiger partial charge is 0.423 e. The quantitative estimate of drug-likeness (QED) is 0.187. The molecule has 1 aromatic rings. The summed E-state index contributed by atoms with van der Waals surface area (Å²) >= 11 is 0. The van der Waals surface area contributed by atoms with E-state index in [0.717, 1.165) is 56.8 Å². The third kappa shape index (κ3) is 7.52. The fourth-order valence-electron chi connectivity index (χ4n) is 6.06. The molecule has 2 aliphatic rings. The lowest BCUT2D eigenvalue weighted by atomic mass is 9.68. The second kappa shape index (κ2) is 13.4. The molecule has 0 amide bonds. The topological polar surface area (TPSA) is 26.3 Å². The number of hydrogen-bond acceptors (Lipinski definition) is 2. The Labute approximate surface area is 199 Å². The van der Waals surface area contributed by atoms with Crippen LogP contribution in [0.3, 0.4) is 0 Å². The van der Waals surface area contributed by atoms with Gasteiger partial charge in [0.2, 0.25) is 5.82 Å². The van der Waals surface area contributed by atoms with Gasteiger partial charge in [-0.15, -0.1) is 0 Å². The van der Waals surface area contributed by atoms with Crippen LogP contribution in [-0.4, -0.2) is 5.97 Å². The van der Waals surface area contributed by atoms with Gasteiger partial charge in [0.25, 0.3) is 0 Å². The molecular weight excluding hydrogens is 418 g/mol. The minimum atomic E-state index is -1.03. The van der Waals surface area contributed by atoms with Gasteiger partial charge in [0.1, 0.15) is 0 Å². The van der Waals surface area contributed by atoms with Gasteiger partial charge in [-0.1, -0.05) is 71.3 Å². The second-order valence-electron chi connectivity index (χ2n) is 10.6. The first-order chi connectivity index (χ1) is 16.0. The van der Waals surface area contributed by atoms with Gasteiger partial charge >= 0.3 is 5.97 Å². The predicted octanol–water partition coefficient (Wildman–Crippen LogP) is 8.80. The van der Waals surface area contributed by atoms with E-state index < -0.39 is 17.6 Å². The molecule has 4 heteroatoms. The van der Waals surface area contributed by atoms with Crippen LogP contribution < -0.4 is 4.74 Å². The number of carbonyl (C=O) groups excluding carboxylic acids is 1. The van der Waals surface area contributed by atoms with E-state index in [1.165, 1.54) is 57.4 Å². The monoisotopic (exact) mass is 462 g/mol. The van der Waals surface area contributed by atoms with Crippen molar-refractivity contribution in [2.45, 2.75) is 117 Å². The summed E-state index contributed by atoms with van der Waals surface area (Å²) in [4.78, 5) is 12.7. The average Bonchev–Trinajstić information content (AvgIpc) is 2.84. The summed E-state index contributed by atoms with van der Waals surface area (Å²) in [7, 11) is 0. The number of benzene rings is 1. The smallest absolute Gasteiger partial charge is 0.314 e. The van der Waals surface area contributed by atoms with E-state index in [1.807, 2.05) is 0 Å². The van der Waals surface area contributed by atoms with Crippen molar-refractivity contribution in [2.24, 2.45) is 23.7 Å². The molecule has 2 saturated carbocycles. The molecule has 0 unspecified atom stereocenters. The highest BCUT2D eigenvalue weighted by atomic mass is 19.2. The van der Waals surface area contributed by atoms with Crippen LogP contribution in [0.1, 0.15) is 116 Å². The van der Waals surface area contributed by atoms with E-state index in [0.29, 0.717) is 17.9 Å². The van der Waals surface area contributed by atoms with Gasteiger partial charge in [-0.05, 0) is 80.8 Å². The van der Waals surface area contributed by atoms with Crippen molar-refractivity contribution in [3.63, 3.8) is 0 Å². The molecule has 33 heavy (non-hydrogen) atoms. The SMILES string of the molecule is CCCCCc1ccc(OC(=O)C2CCC([C@H]3CC[C@H](CCCCC)CC3)CC2)c(F)c1F. The van der Waals surface area contributed by atoms with Gasteiger partial charge in [0, 0.05) is 0 Å². The zero-order chi connectivity index (χ0) is 23.6. The third-order valence-corrected chi connectivity index (χ3v) is 8.27. The Kier molecular flexibility index (Phi) is 10.7. The van der Waals surface area contributed by atoms with Crippen molar-refractivity contribution in [3.8, 4) is 5.75 Å². The molecule has 2 aliphatic carbocycles. The summed E-state index contributed by atoms with van der Waals surface area (Å²) in [5, 5.41) is 0. The van der Waals surface area contributed by atoms with Crippen LogP contribution in [0.15, 0.2) is 12.1 Å². The Morgan fingerprint density at radius 2 is 1.42 bits per heavy atom. The van der Waals surface area contributed by atoms with Crippen LogP contribution in [0.5, 0.6) is 5.75 Å². The number of carbonyl (C=O) groups is 1. The Morgan fingerprint density at radius 3 is 2.06 bits per heavy atom. The molecule has 0 bridgehead atoms. The van der Waals surface area contributed by atoms with E-state index in [4.69, 9.17) is 4.74 Å². The van der Waals surface area contributed by atoms with Gasteiger partial charge in [-0.25, -0.2) is 4.39 Å². The zero-order valence-corrected chi connectivity index (χ0v) is 20.9. The van der Waals surface area contributed by atoms with Crippen LogP contribution in [0.4, 0.5) is 8.78 Å². The number of hydrogen-bond donors (Lipinski definition) is 0. The molecule has 3 rings (SSSR count). The summed E-state index contributed by atoms with van der Waals surface area (Å²) in [5.74, 6) is -0.318. The molecule has 0 heterocycles. The predicted molar refractivity (Wildman–Crippen MR) is 130 cm³/mol. The molecule has 0 aliphatic heterocycles. The van der Waals surface area contributed by atoms with Gasteiger partial charge < -0.3 is 4.74 Å². The van der Waals surface area contributed by atoms with Crippen LogP contribution >= 0.6 is 0 Å². The summed E-state index contributed by atoms with van der Waals surface area (Å²) in [5.41, 5.74) is 0.362. The van der Waals surface area contributed by atoms with Crippen LogP contribution in [0.2, 0.25) is 0 Å². The molecule has 0 N–H and O–H groups in total. The zero-order valence-electron chi connectivity index (χ0n) is 20.9. The highest BCUT2D eigenvalue weighted by molar-refractivity contribution is 5.75. The molecule has 0 atom stereocenters. The van der Waals surface area contributed by atoms with Crippen LogP contribution in [0, 0.1) is 35.3 Å². The normalized spacial score (nSPS) is 25.7. The molecular formula is C29H44F2O2. The summed E-state index contributed by atoms with van der Waals surface area (Å²) < 4.78 is 34.2. The van der Waals surface area contributed by atoms with E-state index in [9.17, 15) is 13.6 Å². The van der Waals surface area contributed by atoms with Crippen molar-refractivity contribution in [1.29, 1.82) is 0 Å². The first-order valence-corrected chi connectivity index (χ1v) is 13.7. The minimum Gasteiger partial charge on any atom is -0.423 e. The van der Waals surface area contributed by atoms with Crippen LogP contribution in [0.25, 0.3) is 0 Å². The van der Waals surface area contributed by atoms with E-state index in [-0.39, 0.29) is 11.7 Å². The lowest BCUT2D eigenvalue weighted by Crippen LogP contribution is -2.30. The van der Waals surface area contributed by atoms with Gasteiger partial charge in [-0.3, -0.25) is 4.79 Å². The lowest BCUT2D eigenvalue weighted by Gasteiger charge is -2.37. The van der Waals surface area contributed by atoms with Crippen LogP contribution in [-0.2, 0) is 11.2 Å². The number of halogens is 2. The molecule has 0 aromatic heterocycles. The van der Waals surface area contributed by atoms with Crippen molar-refractivity contribution < 1.29 is 18.3 Å². The third-order valence-electron chi connectivity index (χ3n) is 8.27. The standard InChI is InChI=1S/C29H44F2O2/c1-3-5-7-9-21-11-13-22(14-12-21)23-15-17-25(18-16-23)29(32)33-26-20-19-24(10-8-6-4-2)27(30)28(26)31/h19-23,25H,3-18H2,1-2H3/t21-,22-,23?,25?.